The second kappa shape index (κ2) is 11.4. The summed E-state index contributed by atoms with van der Waals surface area (Å²) in [6.45, 7) is 0. The van der Waals surface area contributed by atoms with Gasteiger partial charge in [-0.3, -0.25) is 4.99 Å². The van der Waals surface area contributed by atoms with Crippen LogP contribution < -0.4 is 0 Å². The summed E-state index contributed by atoms with van der Waals surface area (Å²) < 4.78 is 0. The van der Waals surface area contributed by atoms with Gasteiger partial charge in [0.05, 0.1) is 5.69 Å². The van der Waals surface area contributed by atoms with Gasteiger partial charge >= 0.3 is 35.6 Å². The molecule has 1 N–H and O–H groups in total. The minimum absolute atomic E-state index is 0.448. The number of phenols is 1. The van der Waals surface area contributed by atoms with E-state index in [1.807, 2.05) is 36.5 Å². The van der Waals surface area contributed by atoms with Gasteiger partial charge in [-0.1, -0.05) is 49.9 Å². The topological polar surface area (TPSA) is 32.6 Å². The van der Waals surface area contributed by atoms with Crippen molar-refractivity contribution in [1.29, 1.82) is 0 Å². The van der Waals surface area contributed by atoms with Crippen LogP contribution >= 0.6 is 18.6 Å². The molecular weight excluding hydrogens is 425 g/mol. The molecule has 0 heterocycles. The van der Waals surface area contributed by atoms with Crippen LogP contribution in [0, 0.1) is 0 Å². The molecule has 2 aromatic rings. The first-order valence-corrected chi connectivity index (χ1v) is 14.4. The molecule has 2 fully saturated rings. The van der Waals surface area contributed by atoms with Gasteiger partial charge in [-0.25, -0.2) is 0 Å². The minimum atomic E-state index is -0.556. The maximum absolute atomic E-state index is 10.8. The summed E-state index contributed by atoms with van der Waals surface area (Å²) in [5.74, 6) is 1.63. The molecule has 0 spiro atoms. The predicted molar refractivity (Wildman–Crippen MR) is 116 cm³/mol. The van der Waals surface area contributed by atoms with E-state index < -0.39 is 17.0 Å². The number of hydrogen-bond donors (Lipinski definition) is 1. The van der Waals surface area contributed by atoms with Crippen molar-refractivity contribution in [3.05, 3.63) is 59.2 Å². The van der Waals surface area contributed by atoms with Crippen LogP contribution in [0.5, 0.6) is 5.75 Å². The molecule has 148 valence electrons. The Morgan fingerprint density at radius 2 is 1.54 bits per heavy atom. The zero-order chi connectivity index (χ0) is 19.8. The molecule has 2 aromatic carbocycles. The van der Waals surface area contributed by atoms with Crippen LogP contribution in [0.15, 0.2) is 47.5 Å². The molecule has 4 rings (SSSR count). The van der Waals surface area contributed by atoms with E-state index in [-0.39, 0.29) is 0 Å². The number of benzene rings is 2. The third-order valence-electron chi connectivity index (χ3n) is 5.92. The normalized spacial score (nSPS) is 17.6. The average molecular weight is 452 g/mol. The van der Waals surface area contributed by atoms with Crippen LogP contribution in [0.4, 0.5) is 5.69 Å². The van der Waals surface area contributed by atoms with Crippen molar-refractivity contribution >= 4 is 30.5 Å². The van der Waals surface area contributed by atoms with Gasteiger partial charge in [-0.05, 0) is 66.8 Å². The fraction of sp³-hybridized carbons (Fsp3) is 0.435. The van der Waals surface area contributed by atoms with Crippen LogP contribution in [-0.2, 0) is 17.0 Å². The van der Waals surface area contributed by atoms with E-state index in [1.54, 1.807) is 0 Å². The van der Waals surface area contributed by atoms with E-state index in [2.05, 4.69) is 17.1 Å². The summed E-state index contributed by atoms with van der Waals surface area (Å²) in [5.41, 5.74) is 4.38. The van der Waals surface area contributed by atoms with Crippen molar-refractivity contribution in [2.24, 2.45) is 4.99 Å². The van der Waals surface area contributed by atoms with Crippen LogP contribution in [0.25, 0.3) is 0 Å². The maximum atomic E-state index is 10.8. The van der Waals surface area contributed by atoms with Gasteiger partial charge < -0.3 is 5.11 Å². The third kappa shape index (κ3) is 5.86. The summed E-state index contributed by atoms with van der Waals surface area (Å²) in [6.07, 6.45) is 12.1. The molecule has 0 saturated heterocycles. The summed E-state index contributed by atoms with van der Waals surface area (Å²) in [7, 11) is 9.78. The molecular formula is C23H27Cl2NOTi. The van der Waals surface area contributed by atoms with Crippen LogP contribution in [0.2, 0.25) is 0 Å². The quantitative estimate of drug-likeness (QED) is 0.372. The average Bonchev–Trinajstić information content (AvgIpc) is 2.69. The summed E-state index contributed by atoms with van der Waals surface area (Å²) in [5, 5.41) is 10.8. The number of hydrogen-bond acceptors (Lipinski definition) is 2. The van der Waals surface area contributed by atoms with E-state index >= 15 is 0 Å². The molecule has 2 aliphatic carbocycles. The van der Waals surface area contributed by atoms with Gasteiger partial charge in [0.15, 0.2) is 0 Å². The Morgan fingerprint density at radius 3 is 2.14 bits per heavy atom. The van der Waals surface area contributed by atoms with Gasteiger partial charge in [0.1, 0.15) is 5.75 Å². The molecule has 2 saturated carbocycles. The van der Waals surface area contributed by atoms with E-state index in [4.69, 9.17) is 18.6 Å². The van der Waals surface area contributed by atoms with Gasteiger partial charge in [0.25, 0.3) is 0 Å². The van der Waals surface area contributed by atoms with Crippen LogP contribution in [0.1, 0.15) is 79.9 Å². The monoisotopic (exact) mass is 451 g/mol. The molecule has 0 aliphatic heterocycles. The van der Waals surface area contributed by atoms with Crippen LogP contribution in [-0.4, -0.2) is 11.3 Å². The van der Waals surface area contributed by atoms with Gasteiger partial charge in [0.2, 0.25) is 0 Å². The molecule has 0 radical (unpaired) electrons. The first-order chi connectivity index (χ1) is 13.7. The number of aromatic hydroxyl groups is 1. The molecule has 5 heteroatoms. The van der Waals surface area contributed by atoms with E-state index in [9.17, 15) is 5.11 Å². The second-order valence-electron chi connectivity index (χ2n) is 7.68. The number of aliphatic imine (C=N–C) groups is 1. The SMILES string of the molecule is Oc1c(C=Nc2ccccc2)cc(C2CCCCC2)cc1C1CCC1.[Cl][Ti][Cl]. The molecule has 28 heavy (non-hydrogen) atoms. The van der Waals surface area contributed by atoms with Gasteiger partial charge in [-0.2, -0.15) is 0 Å². The Morgan fingerprint density at radius 1 is 0.893 bits per heavy atom. The fourth-order valence-electron chi connectivity index (χ4n) is 4.16. The molecule has 0 unspecified atom stereocenters. The van der Waals surface area contributed by atoms with E-state index in [0.717, 1.165) is 16.8 Å². The first-order valence-electron chi connectivity index (χ1n) is 10.1. The van der Waals surface area contributed by atoms with Crippen molar-refractivity contribution < 1.29 is 22.1 Å². The first kappa shape index (κ1) is 21.9. The Hall–Kier alpha value is -0.796. The number of phenolic OH excluding ortho intramolecular Hbond substituents is 1. The zero-order valence-corrected chi connectivity index (χ0v) is 19.2. The Bertz CT molecular complexity index is 772. The molecule has 2 aliphatic rings. The van der Waals surface area contributed by atoms with Crippen molar-refractivity contribution in [3.8, 4) is 5.75 Å². The molecule has 0 amide bonds. The number of halogens is 2. The number of nitrogens with zero attached hydrogens (tertiary/aromatic N) is 1. The van der Waals surface area contributed by atoms with Crippen molar-refractivity contribution in [1.82, 2.24) is 0 Å². The van der Waals surface area contributed by atoms with Gasteiger partial charge in [-0.15, -0.1) is 0 Å². The Labute approximate surface area is 185 Å². The van der Waals surface area contributed by atoms with E-state index in [0.29, 0.717) is 17.6 Å². The van der Waals surface area contributed by atoms with Crippen molar-refractivity contribution in [2.45, 2.75) is 63.2 Å². The zero-order valence-electron chi connectivity index (χ0n) is 16.1. The summed E-state index contributed by atoms with van der Waals surface area (Å²) >= 11 is -0.556. The second-order valence-corrected chi connectivity index (χ2v) is 10.3. The summed E-state index contributed by atoms with van der Waals surface area (Å²) in [6, 6.07) is 14.4. The third-order valence-corrected chi connectivity index (χ3v) is 5.92. The van der Waals surface area contributed by atoms with Gasteiger partial charge in [0, 0.05) is 11.8 Å². The molecule has 0 aromatic heterocycles. The predicted octanol–water partition coefficient (Wildman–Crippen LogP) is 7.83. The molecule has 0 atom stereocenters. The van der Waals surface area contributed by atoms with Crippen molar-refractivity contribution in [2.75, 3.05) is 0 Å². The number of para-hydroxylation sites is 1. The van der Waals surface area contributed by atoms with Crippen LogP contribution in [0.3, 0.4) is 0 Å². The molecule has 2 nitrogen and oxygen atoms in total. The number of rotatable bonds is 4. The Balaban J connectivity index is 0.000000706. The molecule has 0 bridgehead atoms. The standard InChI is InChI=1S/C23H27NO.2ClH.Ti/c25-23-20(16-24-21-12-5-2-6-13-21)14-19(17-8-3-1-4-9-17)15-22(23)18-10-7-11-18;;;/h2,5-6,12-18,25H,1,3-4,7-11H2;2*1H;/q;;;+2/p-2. The summed E-state index contributed by atoms with van der Waals surface area (Å²) in [4.78, 5) is 4.58. The fourth-order valence-corrected chi connectivity index (χ4v) is 4.16. The van der Waals surface area contributed by atoms with Crippen molar-refractivity contribution in [3.63, 3.8) is 0 Å². The van der Waals surface area contributed by atoms with E-state index in [1.165, 1.54) is 56.9 Å². The Kier molecular flexibility index (Phi) is 8.92.